The summed E-state index contributed by atoms with van der Waals surface area (Å²) in [6, 6.07) is -0.186. The molecule has 1 aliphatic heterocycles. The number of hydrogen-bond acceptors (Lipinski definition) is 3. The Hall–Kier alpha value is -1.10. The molecule has 2 rings (SSSR count). The van der Waals surface area contributed by atoms with E-state index in [1.54, 1.807) is 0 Å². The van der Waals surface area contributed by atoms with Crippen LogP contribution in [0.2, 0.25) is 0 Å². The van der Waals surface area contributed by atoms with Gasteiger partial charge in [-0.15, -0.1) is 0 Å². The number of carbonyl (C=O) groups is 2. The van der Waals surface area contributed by atoms with Gasteiger partial charge in [-0.05, 0) is 32.2 Å². The van der Waals surface area contributed by atoms with Gasteiger partial charge in [0.25, 0.3) is 0 Å². The molecule has 3 atom stereocenters. The van der Waals surface area contributed by atoms with E-state index in [0.29, 0.717) is 6.42 Å². The van der Waals surface area contributed by atoms with Crippen LogP contribution in [0.25, 0.3) is 0 Å². The standard InChI is InChI=1S/C14H24N2O3/c17-13(10-5-4-8-15-9-10)16-12-7-3-1-2-6-11(12)14(18)19/h10-12,15H,1-9H2,(H,16,17)(H,18,19). The average Bonchev–Trinajstić information content (AvgIpc) is 2.65. The summed E-state index contributed by atoms with van der Waals surface area (Å²) in [7, 11) is 0. The van der Waals surface area contributed by atoms with Crippen molar-refractivity contribution >= 4 is 11.9 Å². The van der Waals surface area contributed by atoms with Crippen LogP contribution in [0.15, 0.2) is 0 Å². The average molecular weight is 268 g/mol. The molecule has 3 unspecified atom stereocenters. The van der Waals surface area contributed by atoms with Crippen molar-refractivity contribution in [3.63, 3.8) is 0 Å². The van der Waals surface area contributed by atoms with E-state index < -0.39 is 11.9 Å². The number of rotatable bonds is 3. The van der Waals surface area contributed by atoms with Crippen molar-refractivity contribution in [3.8, 4) is 0 Å². The minimum atomic E-state index is -0.769. The summed E-state index contributed by atoms with van der Waals surface area (Å²) in [4.78, 5) is 23.5. The van der Waals surface area contributed by atoms with Crippen LogP contribution in [-0.4, -0.2) is 36.1 Å². The molecule has 2 fully saturated rings. The fourth-order valence-electron chi connectivity index (χ4n) is 3.15. The van der Waals surface area contributed by atoms with Gasteiger partial charge in [-0.1, -0.05) is 19.3 Å². The van der Waals surface area contributed by atoms with Crippen LogP contribution in [0.4, 0.5) is 0 Å². The third-order valence-corrected chi connectivity index (χ3v) is 4.33. The van der Waals surface area contributed by atoms with Gasteiger partial charge in [0.1, 0.15) is 0 Å². The van der Waals surface area contributed by atoms with Gasteiger partial charge >= 0.3 is 5.97 Å². The van der Waals surface area contributed by atoms with Gasteiger partial charge in [0.2, 0.25) is 5.91 Å². The lowest BCUT2D eigenvalue weighted by molar-refractivity contribution is -0.143. The monoisotopic (exact) mass is 268 g/mol. The van der Waals surface area contributed by atoms with Crippen molar-refractivity contribution in [1.82, 2.24) is 10.6 Å². The molecule has 5 heteroatoms. The number of carboxylic acids is 1. The van der Waals surface area contributed by atoms with E-state index in [2.05, 4.69) is 10.6 Å². The zero-order valence-electron chi connectivity index (χ0n) is 11.4. The van der Waals surface area contributed by atoms with Crippen LogP contribution < -0.4 is 10.6 Å². The number of amides is 1. The lowest BCUT2D eigenvalue weighted by Gasteiger charge is -2.27. The predicted octanol–water partition coefficient (Wildman–Crippen LogP) is 1.14. The van der Waals surface area contributed by atoms with Crippen molar-refractivity contribution in [2.45, 2.75) is 51.0 Å². The Kier molecular flexibility index (Phi) is 5.19. The van der Waals surface area contributed by atoms with Crippen LogP contribution in [0.5, 0.6) is 0 Å². The van der Waals surface area contributed by atoms with Gasteiger partial charge in [-0.2, -0.15) is 0 Å². The number of piperidine rings is 1. The maximum absolute atomic E-state index is 12.2. The Morgan fingerprint density at radius 2 is 1.84 bits per heavy atom. The van der Waals surface area contributed by atoms with E-state index >= 15 is 0 Å². The Balaban J connectivity index is 1.93. The number of hydrogen-bond donors (Lipinski definition) is 3. The first-order chi connectivity index (χ1) is 9.18. The van der Waals surface area contributed by atoms with Crippen LogP contribution in [0.3, 0.4) is 0 Å². The molecule has 2 aliphatic rings. The van der Waals surface area contributed by atoms with Crippen LogP contribution in [0, 0.1) is 11.8 Å². The van der Waals surface area contributed by atoms with Crippen molar-refractivity contribution in [1.29, 1.82) is 0 Å². The zero-order chi connectivity index (χ0) is 13.7. The summed E-state index contributed by atoms with van der Waals surface area (Å²) >= 11 is 0. The highest BCUT2D eigenvalue weighted by atomic mass is 16.4. The lowest BCUT2D eigenvalue weighted by Crippen LogP contribution is -2.48. The highest BCUT2D eigenvalue weighted by Crippen LogP contribution is 2.24. The maximum Gasteiger partial charge on any atom is 0.308 e. The van der Waals surface area contributed by atoms with E-state index in [4.69, 9.17) is 0 Å². The molecule has 108 valence electrons. The lowest BCUT2D eigenvalue weighted by atomic mass is 9.93. The quantitative estimate of drug-likeness (QED) is 0.671. The second kappa shape index (κ2) is 6.89. The summed E-state index contributed by atoms with van der Waals surface area (Å²) in [5.74, 6) is -1.14. The molecule has 0 aromatic carbocycles. The second-order valence-corrected chi connectivity index (χ2v) is 5.74. The molecule has 1 aliphatic carbocycles. The summed E-state index contributed by atoms with van der Waals surface area (Å²) in [6.45, 7) is 1.70. The van der Waals surface area contributed by atoms with Crippen LogP contribution in [0.1, 0.15) is 44.9 Å². The molecule has 1 saturated carbocycles. The minimum Gasteiger partial charge on any atom is -0.481 e. The first-order valence-corrected chi connectivity index (χ1v) is 7.42. The summed E-state index contributed by atoms with van der Waals surface area (Å²) in [5, 5.41) is 15.5. The van der Waals surface area contributed by atoms with E-state index in [0.717, 1.165) is 51.6 Å². The summed E-state index contributed by atoms with van der Waals surface area (Å²) in [6.07, 6.45) is 6.44. The van der Waals surface area contributed by atoms with Gasteiger partial charge < -0.3 is 15.7 Å². The molecule has 3 N–H and O–H groups in total. The van der Waals surface area contributed by atoms with Gasteiger partial charge in [0.15, 0.2) is 0 Å². The summed E-state index contributed by atoms with van der Waals surface area (Å²) < 4.78 is 0. The SMILES string of the molecule is O=C(NC1CCCCCC1C(=O)O)C1CCCNC1. The van der Waals surface area contributed by atoms with E-state index in [1.165, 1.54) is 0 Å². The first kappa shape index (κ1) is 14.3. The van der Waals surface area contributed by atoms with E-state index in [9.17, 15) is 14.7 Å². The van der Waals surface area contributed by atoms with Crippen molar-refractivity contribution < 1.29 is 14.7 Å². The molecule has 1 heterocycles. The molecule has 1 saturated heterocycles. The molecule has 0 aromatic heterocycles. The predicted molar refractivity (Wildman–Crippen MR) is 71.7 cm³/mol. The van der Waals surface area contributed by atoms with E-state index in [1.807, 2.05) is 0 Å². The summed E-state index contributed by atoms with van der Waals surface area (Å²) in [5.41, 5.74) is 0. The van der Waals surface area contributed by atoms with Gasteiger partial charge in [0.05, 0.1) is 11.8 Å². The minimum absolute atomic E-state index is 0.00597. The Labute approximate surface area is 114 Å². The number of carbonyl (C=O) groups excluding carboxylic acids is 1. The molecule has 0 spiro atoms. The Morgan fingerprint density at radius 1 is 1.05 bits per heavy atom. The van der Waals surface area contributed by atoms with Crippen molar-refractivity contribution in [3.05, 3.63) is 0 Å². The molecule has 0 aromatic rings. The molecule has 19 heavy (non-hydrogen) atoms. The third-order valence-electron chi connectivity index (χ3n) is 4.33. The molecular formula is C14H24N2O3. The molecule has 0 radical (unpaired) electrons. The fraction of sp³-hybridized carbons (Fsp3) is 0.857. The number of nitrogens with one attached hydrogen (secondary N) is 2. The maximum atomic E-state index is 12.2. The topological polar surface area (TPSA) is 78.4 Å². The molecule has 0 bridgehead atoms. The number of aliphatic carboxylic acids is 1. The van der Waals surface area contributed by atoms with Crippen LogP contribution in [-0.2, 0) is 9.59 Å². The Morgan fingerprint density at radius 3 is 2.53 bits per heavy atom. The third kappa shape index (κ3) is 3.93. The highest BCUT2D eigenvalue weighted by molar-refractivity contribution is 5.80. The normalized spacial score (nSPS) is 32.3. The Bertz CT molecular complexity index is 327. The van der Waals surface area contributed by atoms with Crippen LogP contribution >= 0.6 is 0 Å². The van der Waals surface area contributed by atoms with Gasteiger partial charge in [0, 0.05) is 12.6 Å². The smallest absolute Gasteiger partial charge is 0.308 e. The second-order valence-electron chi connectivity index (χ2n) is 5.74. The van der Waals surface area contributed by atoms with Gasteiger partial charge in [-0.25, -0.2) is 0 Å². The highest BCUT2D eigenvalue weighted by Gasteiger charge is 2.32. The van der Waals surface area contributed by atoms with Crippen molar-refractivity contribution in [2.75, 3.05) is 13.1 Å². The van der Waals surface area contributed by atoms with E-state index in [-0.39, 0.29) is 17.9 Å². The number of carboxylic acid groups (broad SMARTS) is 1. The zero-order valence-corrected chi connectivity index (χ0v) is 11.4. The molecule has 1 amide bonds. The fourth-order valence-corrected chi connectivity index (χ4v) is 3.15. The molecular weight excluding hydrogens is 244 g/mol. The first-order valence-electron chi connectivity index (χ1n) is 7.42. The van der Waals surface area contributed by atoms with Crippen molar-refractivity contribution in [2.24, 2.45) is 11.8 Å². The van der Waals surface area contributed by atoms with Gasteiger partial charge in [-0.3, -0.25) is 9.59 Å². The largest absolute Gasteiger partial charge is 0.481 e. The molecule has 5 nitrogen and oxygen atoms in total.